The third-order valence-corrected chi connectivity index (χ3v) is 4.44. The lowest BCUT2D eigenvalue weighted by Gasteiger charge is -2.22. The van der Waals surface area contributed by atoms with E-state index in [0.717, 1.165) is 18.6 Å². The van der Waals surface area contributed by atoms with Crippen LogP contribution in [0.25, 0.3) is 0 Å². The summed E-state index contributed by atoms with van der Waals surface area (Å²) < 4.78 is 5.77. The summed E-state index contributed by atoms with van der Waals surface area (Å²) in [6, 6.07) is 14.5. The molecule has 24 heavy (non-hydrogen) atoms. The summed E-state index contributed by atoms with van der Waals surface area (Å²) in [6.07, 6.45) is 4.14. The molecule has 0 saturated heterocycles. The molecule has 0 aliphatic heterocycles. The van der Waals surface area contributed by atoms with E-state index in [2.05, 4.69) is 32.6 Å². The van der Waals surface area contributed by atoms with Crippen LogP contribution in [0.3, 0.4) is 0 Å². The molecule has 1 N–H and O–H groups in total. The largest absolute Gasteiger partial charge is 0.478 e. The van der Waals surface area contributed by atoms with Gasteiger partial charge in [0.25, 0.3) is 0 Å². The van der Waals surface area contributed by atoms with Crippen molar-refractivity contribution in [1.29, 1.82) is 0 Å². The van der Waals surface area contributed by atoms with Crippen LogP contribution in [0.15, 0.2) is 61.2 Å². The van der Waals surface area contributed by atoms with Crippen molar-refractivity contribution < 1.29 is 14.6 Å². The zero-order chi connectivity index (χ0) is 17.5. The van der Waals surface area contributed by atoms with Crippen molar-refractivity contribution >= 4 is 5.97 Å². The van der Waals surface area contributed by atoms with Gasteiger partial charge in [0.15, 0.2) is 0 Å². The summed E-state index contributed by atoms with van der Waals surface area (Å²) in [5, 5.41) is 8.90. The summed E-state index contributed by atoms with van der Waals surface area (Å²) in [5.41, 5.74) is 1.54. The molecule has 0 amide bonds. The van der Waals surface area contributed by atoms with Crippen molar-refractivity contribution in [3.8, 4) is 11.5 Å². The summed E-state index contributed by atoms with van der Waals surface area (Å²) in [6.45, 7) is 8.31. The summed E-state index contributed by atoms with van der Waals surface area (Å²) in [5.74, 6) is 1.49. The predicted molar refractivity (Wildman–Crippen MR) is 96.9 cm³/mol. The first-order chi connectivity index (χ1) is 11.5. The number of rotatable bonds is 8. The highest BCUT2D eigenvalue weighted by molar-refractivity contribution is 5.87. The van der Waals surface area contributed by atoms with E-state index in [9.17, 15) is 4.79 Å². The fraction of sp³-hybridized carbons (Fsp3) is 0.286. The Balaban J connectivity index is 2.06. The Morgan fingerprint density at radius 2 is 1.67 bits per heavy atom. The highest BCUT2D eigenvalue weighted by Crippen LogP contribution is 2.31. The van der Waals surface area contributed by atoms with Gasteiger partial charge in [-0.3, -0.25) is 0 Å². The van der Waals surface area contributed by atoms with E-state index in [1.807, 2.05) is 18.2 Å². The molecule has 0 aromatic heterocycles. The van der Waals surface area contributed by atoms with Crippen LogP contribution in [0.5, 0.6) is 11.5 Å². The number of allylic oxidation sites excluding steroid dienone is 1. The number of carbonyl (C=O) groups is 1. The normalized spacial score (nSPS) is 13.1. The Morgan fingerprint density at radius 3 is 2.12 bits per heavy atom. The number of aromatic carboxylic acids is 1. The fourth-order valence-corrected chi connectivity index (χ4v) is 2.85. The van der Waals surface area contributed by atoms with E-state index >= 15 is 0 Å². The molecule has 0 heterocycles. The van der Waals surface area contributed by atoms with Crippen molar-refractivity contribution in [3.05, 3.63) is 72.3 Å². The van der Waals surface area contributed by atoms with Gasteiger partial charge in [0.2, 0.25) is 0 Å². The molecule has 3 heteroatoms. The Labute approximate surface area is 143 Å². The highest BCUT2D eigenvalue weighted by atomic mass is 16.5. The molecule has 0 aliphatic carbocycles. The number of ether oxygens (including phenoxy) is 1. The Morgan fingerprint density at radius 1 is 1.12 bits per heavy atom. The predicted octanol–water partition coefficient (Wildman–Crippen LogP) is 5.88. The zero-order valence-electron chi connectivity index (χ0n) is 14.2. The van der Waals surface area contributed by atoms with Crippen molar-refractivity contribution in [2.75, 3.05) is 0 Å². The molecule has 2 atom stereocenters. The van der Waals surface area contributed by atoms with Gasteiger partial charge in [-0.05, 0) is 60.2 Å². The van der Waals surface area contributed by atoms with Gasteiger partial charge in [-0.1, -0.05) is 38.5 Å². The van der Waals surface area contributed by atoms with Crippen molar-refractivity contribution in [2.45, 2.75) is 32.6 Å². The number of hydrogen-bond donors (Lipinski definition) is 1. The second kappa shape index (κ2) is 8.34. The minimum atomic E-state index is -0.940. The van der Waals surface area contributed by atoms with Gasteiger partial charge >= 0.3 is 5.97 Å². The average Bonchev–Trinajstić information content (AvgIpc) is 2.60. The van der Waals surface area contributed by atoms with Gasteiger partial charge in [-0.25, -0.2) is 4.79 Å². The number of carboxylic acid groups (broad SMARTS) is 1. The van der Waals surface area contributed by atoms with E-state index in [1.165, 1.54) is 17.7 Å². The summed E-state index contributed by atoms with van der Waals surface area (Å²) in [4.78, 5) is 10.9. The van der Waals surface area contributed by atoms with Gasteiger partial charge in [-0.2, -0.15) is 0 Å². The third-order valence-electron chi connectivity index (χ3n) is 4.44. The molecule has 2 aromatic rings. The van der Waals surface area contributed by atoms with E-state index in [-0.39, 0.29) is 5.56 Å². The summed E-state index contributed by atoms with van der Waals surface area (Å²) in [7, 11) is 0. The molecule has 0 saturated carbocycles. The van der Waals surface area contributed by atoms with E-state index in [4.69, 9.17) is 9.84 Å². The van der Waals surface area contributed by atoms with Crippen molar-refractivity contribution in [3.63, 3.8) is 0 Å². The lowest BCUT2D eigenvalue weighted by atomic mass is 9.84. The topological polar surface area (TPSA) is 46.5 Å². The van der Waals surface area contributed by atoms with E-state index in [1.54, 1.807) is 12.1 Å². The molecule has 126 valence electrons. The number of hydrogen-bond acceptors (Lipinski definition) is 2. The van der Waals surface area contributed by atoms with Gasteiger partial charge in [0.05, 0.1) is 5.56 Å². The smallest absolute Gasteiger partial charge is 0.335 e. The maximum atomic E-state index is 10.9. The van der Waals surface area contributed by atoms with Crippen LogP contribution in [-0.4, -0.2) is 11.1 Å². The molecule has 2 aromatic carbocycles. The second-order valence-electron chi connectivity index (χ2n) is 5.98. The maximum Gasteiger partial charge on any atom is 0.335 e. The molecule has 2 rings (SSSR count). The first-order valence-electron chi connectivity index (χ1n) is 8.27. The molecule has 0 bridgehead atoms. The third kappa shape index (κ3) is 4.48. The first-order valence-corrected chi connectivity index (χ1v) is 8.27. The molecule has 0 radical (unpaired) electrons. The standard InChI is InChI=1S/C21H24O3/c1-4-6-16(5-2)15(3)17-7-11-19(12-8-17)24-20-13-9-18(10-14-20)21(22)23/h4,7-16H,1,5-6H2,2-3H3,(H,22,23). The summed E-state index contributed by atoms with van der Waals surface area (Å²) >= 11 is 0. The quantitative estimate of drug-likeness (QED) is 0.616. The van der Waals surface area contributed by atoms with Crippen LogP contribution in [0.2, 0.25) is 0 Å². The van der Waals surface area contributed by atoms with Gasteiger partial charge in [0, 0.05) is 0 Å². The average molecular weight is 324 g/mol. The van der Waals surface area contributed by atoms with Crippen LogP contribution in [0, 0.1) is 5.92 Å². The van der Waals surface area contributed by atoms with E-state index in [0.29, 0.717) is 17.6 Å². The highest BCUT2D eigenvalue weighted by Gasteiger charge is 2.16. The maximum absolute atomic E-state index is 10.9. The zero-order valence-corrected chi connectivity index (χ0v) is 14.2. The minimum absolute atomic E-state index is 0.249. The van der Waals surface area contributed by atoms with Crippen molar-refractivity contribution in [1.82, 2.24) is 0 Å². The minimum Gasteiger partial charge on any atom is -0.478 e. The van der Waals surface area contributed by atoms with Crippen LogP contribution in [0.1, 0.15) is 48.5 Å². The first kappa shape index (κ1) is 17.8. The molecular weight excluding hydrogens is 300 g/mol. The molecule has 0 spiro atoms. The number of benzene rings is 2. The fourth-order valence-electron chi connectivity index (χ4n) is 2.85. The SMILES string of the molecule is C=CCC(CC)C(C)c1ccc(Oc2ccc(C(=O)O)cc2)cc1. The molecule has 2 unspecified atom stereocenters. The van der Waals surface area contributed by atoms with Crippen LogP contribution >= 0.6 is 0 Å². The number of carboxylic acids is 1. The lowest BCUT2D eigenvalue weighted by Crippen LogP contribution is -2.08. The Hall–Kier alpha value is -2.55. The van der Waals surface area contributed by atoms with Gasteiger partial charge < -0.3 is 9.84 Å². The van der Waals surface area contributed by atoms with E-state index < -0.39 is 5.97 Å². The van der Waals surface area contributed by atoms with Gasteiger partial charge in [0.1, 0.15) is 11.5 Å². The Kier molecular flexibility index (Phi) is 6.19. The van der Waals surface area contributed by atoms with Crippen LogP contribution in [-0.2, 0) is 0 Å². The molecule has 0 aliphatic rings. The monoisotopic (exact) mass is 324 g/mol. The van der Waals surface area contributed by atoms with Crippen LogP contribution in [0.4, 0.5) is 0 Å². The molecular formula is C21H24O3. The lowest BCUT2D eigenvalue weighted by molar-refractivity contribution is 0.0697. The van der Waals surface area contributed by atoms with Gasteiger partial charge in [-0.15, -0.1) is 6.58 Å². The molecule has 0 fully saturated rings. The van der Waals surface area contributed by atoms with Crippen LogP contribution < -0.4 is 4.74 Å². The van der Waals surface area contributed by atoms with Crippen molar-refractivity contribution in [2.24, 2.45) is 5.92 Å². The Bertz CT molecular complexity index is 671. The second-order valence-corrected chi connectivity index (χ2v) is 5.98. The molecule has 3 nitrogen and oxygen atoms in total.